The molecule has 0 bridgehead atoms. The molecule has 3 N–H and O–H groups in total. The van der Waals surface area contributed by atoms with Crippen molar-refractivity contribution in [1.82, 2.24) is 9.99 Å². The molecule has 0 unspecified atom stereocenters. The fraction of sp³-hybridized carbons (Fsp3) is 0.115. The van der Waals surface area contributed by atoms with Crippen molar-refractivity contribution < 1.29 is 14.4 Å². The Kier molecular flexibility index (Phi) is 7.37. The van der Waals surface area contributed by atoms with E-state index in [9.17, 15) is 14.4 Å². The predicted molar refractivity (Wildman–Crippen MR) is 144 cm³/mol. The van der Waals surface area contributed by atoms with Gasteiger partial charge in [-0.2, -0.15) is 0 Å². The van der Waals surface area contributed by atoms with Crippen molar-refractivity contribution in [3.05, 3.63) is 98.1 Å². The number of amides is 3. The lowest BCUT2D eigenvalue weighted by Gasteiger charge is -2.13. The van der Waals surface area contributed by atoms with Crippen molar-refractivity contribution in [2.24, 2.45) is 0 Å². The molecule has 35 heavy (non-hydrogen) atoms. The lowest BCUT2D eigenvalue weighted by atomic mass is 10.1. The average molecular weight is 598 g/mol. The molecule has 178 valence electrons. The second kappa shape index (κ2) is 10.5. The number of aryl methyl sites for hydroxylation is 2. The highest BCUT2D eigenvalue weighted by molar-refractivity contribution is 9.10. The molecule has 0 aliphatic rings. The number of nitrogens with one attached hydrogen (secondary N) is 3. The van der Waals surface area contributed by atoms with E-state index in [0.717, 1.165) is 25.6 Å². The molecule has 4 rings (SSSR count). The number of aromatic nitrogens is 1. The zero-order chi connectivity index (χ0) is 25.1. The first kappa shape index (κ1) is 24.7. The van der Waals surface area contributed by atoms with Crippen molar-refractivity contribution in [3.63, 3.8) is 0 Å². The van der Waals surface area contributed by atoms with Gasteiger partial charge in [-0.3, -0.25) is 19.8 Å². The Bertz CT molecular complexity index is 1450. The van der Waals surface area contributed by atoms with Crippen LogP contribution in [0.2, 0.25) is 0 Å². The largest absolute Gasteiger partial charge is 0.344 e. The monoisotopic (exact) mass is 596 g/mol. The van der Waals surface area contributed by atoms with E-state index in [1.54, 1.807) is 24.3 Å². The lowest BCUT2D eigenvalue weighted by Crippen LogP contribution is -2.39. The summed E-state index contributed by atoms with van der Waals surface area (Å²) >= 11 is 6.89. The number of hydrogen-bond donors (Lipinski definition) is 3. The highest BCUT2D eigenvalue weighted by Crippen LogP contribution is 2.26. The second-order valence-corrected chi connectivity index (χ2v) is 9.88. The molecule has 0 fully saturated rings. The van der Waals surface area contributed by atoms with Crippen LogP contribution in [0.15, 0.2) is 75.7 Å². The van der Waals surface area contributed by atoms with Crippen LogP contribution in [-0.4, -0.2) is 22.4 Å². The zero-order valence-corrected chi connectivity index (χ0v) is 22.2. The first-order valence-electron chi connectivity index (χ1n) is 10.7. The maximum absolute atomic E-state index is 13.2. The van der Waals surface area contributed by atoms with Gasteiger partial charge in [0.25, 0.3) is 5.91 Å². The van der Waals surface area contributed by atoms with Gasteiger partial charge in [-0.1, -0.05) is 51.8 Å². The smallest absolute Gasteiger partial charge is 0.328 e. The number of carbonyl (C=O) groups is 3. The van der Waals surface area contributed by atoms with Crippen molar-refractivity contribution in [2.45, 2.75) is 20.4 Å². The summed E-state index contributed by atoms with van der Waals surface area (Å²) in [6, 6.07) is 20.2. The van der Waals surface area contributed by atoms with Crippen LogP contribution in [0.25, 0.3) is 10.9 Å². The summed E-state index contributed by atoms with van der Waals surface area (Å²) in [5.41, 5.74) is 6.91. The highest BCUT2D eigenvalue weighted by atomic mass is 79.9. The van der Waals surface area contributed by atoms with E-state index in [4.69, 9.17) is 0 Å². The van der Waals surface area contributed by atoms with E-state index in [-0.39, 0.29) is 12.2 Å². The number of carbonyl (C=O) groups excluding carboxylic acids is 3. The van der Waals surface area contributed by atoms with E-state index in [2.05, 4.69) is 47.9 Å². The Morgan fingerprint density at radius 2 is 1.54 bits per heavy atom. The molecule has 0 atom stereocenters. The molecule has 0 aliphatic carbocycles. The van der Waals surface area contributed by atoms with Gasteiger partial charge in [0.2, 0.25) is 0 Å². The fourth-order valence-corrected chi connectivity index (χ4v) is 4.47. The molecular weight excluding hydrogens is 576 g/mol. The van der Waals surface area contributed by atoms with E-state index < -0.39 is 17.7 Å². The van der Waals surface area contributed by atoms with Crippen LogP contribution in [0.1, 0.15) is 27.2 Å². The van der Waals surface area contributed by atoms with Gasteiger partial charge in [0.05, 0.1) is 11.2 Å². The van der Waals surface area contributed by atoms with Crippen LogP contribution in [0.4, 0.5) is 5.69 Å². The zero-order valence-electron chi connectivity index (χ0n) is 19.0. The summed E-state index contributed by atoms with van der Waals surface area (Å²) < 4.78 is 2.88. The van der Waals surface area contributed by atoms with Crippen molar-refractivity contribution >= 4 is 66.2 Å². The first-order chi connectivity index (χ1) is 16.7. The molecule has 0 radical (unpaired) electrons. The number of rotatable bonds is 5. The molecule has 0 saturated carbocycles. The Morgan fingerprint density at radius 1 is 0.829 bits per heavy atom. The molecule has 0 saturated heterocycles. The number of halogens is 2. The van der Waals surface area contributed by atoms with Crippen molar-refractivity contribution in [1.29, 1.82) is 0 Å². The van der Waals surface area contributed by atoms with Gasteiger partial charge in [0.1, 0.15) is 5.69 Å². The van der Waals surface area contributed by atoms with Crippen LogP contribution >= 0.6 is 31.9 Å². The summed E-state index contributed by atoms with van der Waals surface area (Å²) in [7, 11) is 0. The Labute approximate surface area is 219 Å². The van der Waals surface area contributed by atoms with Gasteiger partial charge >= 0.3 is 11.8 Å². The third-order valence-corrected chi connectivity index (χ3v) is 6.51. The van der Waals surface area contributed by atoms with Gasteiger partial charge in [0.15, 0.2) is 0 Å². The van der Waals surface area contributed by atoms with E-state index in [1.165, 1.54) is 4.68 Å². The normalized spacial score (nSPS) is 10.7. The molecule has 1 heterocycles. The summed E-state index contributed by atoms with van der Waals surface area (Å²) in [4.78, 5) is 38.4. The summed E-state index contributed by atoms with van der Waals surface area (Å²) in [5, 5.41) is 6.18. The highest BCUT2D eigenvalue weighted by Gasteiger charge is 2.21. The number of fused-ring (bicyclic) bond motifs is 1. The third kappa shape index (κ3) is 5.80. The summed E-state index contributed by atoms with van der Waals surface area (Å²) in [6.45, 7) is 4.13. The van der Waals surface area contributed by atoms with E-state index in [0.29, 0.717) is 16.6 Å². The SMILES string of the molecule is Cc1ccc(CNC(=O)C(=O)Nn2c(C(=O)Nc3ccc(C)cc3Br)cc3cc(Br)ccc32)cc1. The number of nitrogens with zero attached hydrogens (tertiary/aromatic N) is 1. The fourth-order valence-electron chi connectivity index (χ4n) is 3.50. The molecule has 9 heteroatoms. The Balaban J connectivity index is 1.57. The summed E-state index contributed by atoms with van der Waals surface area (Å²) in [5.74, 6) is -2.14. The molecule has 0 spiro atoms. The molecule has 0 aliphatic heterocycles. The maximum Gasteiger partial charge on any atom is 0.328 e. The number of benzene rings is 3. The molecule has 7 nitrogen and oxygen atoms in total. The van der Waals surface area contributed by atoms with Gasteiger partial charge in [0, 0.05) is 20.9 Å². The van der Waals surface area contributed by atoms with Crippen LogP contribution < -0.4 is 16.1 Å². The third-order valence-electron chi connectivity index (χ3n) is 5.36. The predicted octanol–water partition coefficient (Wildman–Crippen LogP) is 5.42. The average Bonchev–Trinajstić information content (AvgIpc) is 3.17. The van der Waals surface area contributed by atoms with Gasteiger partial charge in [-0.05, 0) is 77.3 Å². The minimum atomic E-state index is -0.886. The lowest BCUT2D eigenvalue weighted by molar-refractivity contribution is -0.136. The Hall–Kier alpha value is -3.43. The number of anilines is 1. The second-order valence-electron chi connectivity index (χ2n) is 8.11. The quantitative estimate of drug-likeness (QED) is 0.268. The molecule has 1 aromatic heterocycles. The minimum Gasteiger partial charge on any atom is -0.344 e. The number of hydrogen-bond acceptors (Lipinski definition) is 3. The summed E-state index contributed by atoms with van der Waals surface area (Å²) in [6.07, 6.45) is 0. The molecule has 4 aromatic rings. The van der Waals surface area contributed by atoms with Crippen molar-refractivity contribution in [3.8, 4) is 0 Å². The standard InChI is InChI=1S/C26H22Br2N4O3/c1-15-3-6-17(7-4-15)14-29-25(34)26(35)31-32-22-10-8-19(27)12-18(22)13-23(32)24(33)30-21-9-5-16(2)11-20(21)28/h3-13H,14H2,1-2H3,(H,29,34)(H,30,33)(H,31,35). The molecule has 3 aromatic carbocycles. The van der Waals surface area contributed by atoms with Crippen LogP contribution in [0.5, 0.6) is 0 Å². The maximum atomic E-state index is 13.2. The van der Waals surface area contributed by atoms with Gasteiger partial charge in [-0.15, -0.1) is 0 Å². The van der Waals surface area contributed by atoms with Gasteiger partial charge < -0.3 is 10.6 Å². The van der Waals surface area contributed by atoms with E-state index in [1.807, 2.05) is 56.3 Å². The Morgan fingerprint density at radius 3 is 2.26 bits per heavy atom. The minimum absolute atomic E-state index is 0.172. The topological polar surface area (TPSA) is 92.2 Å². The van der Waals surface area contributed by atoms with E-state index >= 15 is 0 Å². The van der Waals surface area contributed by atoms with Crippen molar-refractivity contribution in [2.75, 3.05) is 10.7 Å². The van der Waals surface area contributed by atoms with Gasteiger partial charge in [-0.25, -0.2) is 4.68 Å². The molecular formula is C26H22Br2N4O3. The first-order valence-corrected chi connectivity index (χ1v) is 12.3. The molecule has 3 amide bonds. The van der Waals surface area contributed by atoms with Crippen LogP contribution in [0.3, 0.4) is 0 Å². The van der Waals surface area contributed by atoms with Crippen LogP contribution in [0, 0.1) is 13.8 Å². The van der Waals surface area contributed by atoms with Crippen LogP contribution in [-0.2, 0) is 16.1 Å².